The van der Waals surface area contributed by atoms with E-state index in [1.54, 1.807) is 31.4 Å². The van der Waals surface area contributed by atoms with Crippen molar-refractivity contribution in [1.82, 2.24) is 5.01 Å². The molecule has 65 heavy (non-hydrogen) atoms. The number of nitrogens with zero attached hydrogens (tertiary/aromatic N) is 2. The second-order valence-corrected chi connectivity index (χ2v) is 17.0. The van der Waals surface area contributed by atoms with E-state index in [0.717, 1.165) is 55.3 Å². The summed E-state index contributed by atoms with van der Waals surface area (Å²) in [6.45, 7) is 14.6. The first-order valence-corrected chi connectivity index (χ1v) is 23.4. The molecule has 330 valence electrons. The number of carbonyl (C=O) groups excluding carboxylic acids is 2. The Balaban J connectivity index is 0.00000177. The van der Waals surface area contributed by atoms with Crippen molar-refractivity contribution >= 4 is 69.4 Å². The van der Waals surface area contributed by atoms with E-state index < -0.39 is 11.9 Å². The Labute approximate surface area is 427 Å². The van der Waals surface area contributed by atoms with E-state index >= 15 is 0 Å². The minimum Gasteiger partial charge on any atom is -0.417 e. The molecule has 0 aliphatic carbocycles. The molecule has 0 aliphatic heterocycles. The van der Waals surface area contributed by atoms with Crippen LogP contribution in [0.25, 0.3) is 21.9 Å². The number of carbonyl (C=O) groups is 2. The molecule has 0 amide bonds. The van der Waals surface area contributed by atoms with Crippen molar-refractivity contribution in [3.63, 3.8) is 0 Å². The smallest absolute Gasteiger partial charge is 0.417 e. The fourth-order valence-electron chi connectivity index (χ4n) is 6.44. The van der Waals surface area contributed by atoms with E-state index in [1.807, 2.05) is 54.6 Å². The molecule has 0 saturated carbocycles. The Morgan fingerprint density at radius 1 is 0.846 bits per heavy atom. The van der Waals surface area contributed by atoms with E-state index in [9.17, 15) is 9.59 Å². The molecular weight excluding hydrogens is 1250 g/mol. The average molecular weight is 1310 g/mol. The minimum absolute atomic E-state index is 0. The second-order valence-electron chi connectivity index (χ2n) is 14.3. The molecule has 9 nitrogen and oxygen atoms in total. The summed E-state index contributed by atoms with van der Waals surface area (Å²) in [4.78, 5) is 25.1. The Kier molecular flexibility index (Phi) is 22.5. The van der Waals surface area contributed by atoms with Crippen LogP contribution in [0.2, 0.25) is 5.02 Å². The first kappa shape index (κ1) is 52.9. The van der Waals surface area contributed by atoms with Gasteiger partial charge in [-0.25, -0.2) is 7.05 Å². The predicted octanol–water partition coefficient (Wildman–Crippen LogP) is 10.9. The maximum atomic E-state index is 13.8. The molecule has 6 aromatic rings. The number of allylic oxidation sites excluding steroid dienone is 1. The van der Waals surface area contributed by atoms with Gasteiger partial charge in [-0.3, -0.25) is 0 Å². The molecule has 0 aliphatic rings. The van der Waals surface area contributed by atoms with Crippen LogP contribution in [0.15, 0.2) is 151 Å². The summed E-state index contributed by atoms with van der Waals surface area (Å²) in [7, 11) is 5.72. The Morgan fingerprint density at radius 3 is 2.20 bits per heavy atom. The summed E-state index contributed by atoms with van der Waals surface area (Å²) in [5, 5.41) is 8.15. The molecule has 0 saturated heterocycles. The van der Waals surface area contributed by atoms with Gasteiger partial charge in [0, 0.05) is 7.11 Å². The molecule has 0 atom stereocenters. The number of hydrogen-bond donors (Lipinski definition) is 0. The Morgan fingerprint density at radius 2 is 1.51 bits per heavy atom. The predicted molar refractivity (Wildman–Crippen MR) is 259 cm³/mol. The van der Waals surface area contributed by atoms with E-state index in [-0.39, 0.29) is 55.1 Å². The zero-order valence-corrected chi connectivity index (χ0v) is 46.3. The summed E-state index contributed by atoms with van der Waals surface area (Å²) in [5.41, 5.74) is 7.18. The summed E-state index contributed by atoms with van der Waals surface area (Å²) in [6, 6.07) is 39.3. The number of methoxy groups -OCH3 is 1. The van der Waals surface area contributed by atoms with Crippen molar-refractivity contribution < 1.29 is 64.4 Å². The van der Waals surface area contributed by atoms with Crippen LogP contribution in [-0.4, -0.2) is 75.9 Å². The number of ether oxygens (including phenoxy) is 5. The third kappa shape index (κ3) is 15.7. The molecule has 6 rings (SSSR count). The van der Waals surface area contributed by atoms with E-state index in [4.69, 9.17) is 30.5 Å². The Hall–Kier alpha value is -4.71. The fourth-order valence-corrected chi connectivity index (χ4v) is 8.42. The minimum atomic E-state index is -0.563. The van der Waals surface area contributed by atoms with Gasteiger partial charge >= 0.3 is 247 Å². The van der Waals surface area contributed by atoms with E-state index in [1.165, 1.54) is 22.4 Å². The summed E-state index contributed by atoms with van der Waals surface area (Å²) < 4.78 is 28.8. The van der Waals surface area contributed by atoms with Gasteiger partial charge in [-0.15, -0.1) is 0 Å². The number of hydrazone groups is 1. The van der Waals surface area contributed by atoms with Crippen molar-refractivity contribution in [3.05, 3.63) is 193 Å². The van der Waals surface area contributed by atoms with Crippen molar-refractivity contribution in [2.75, 3.05) is 26.9 Å². The molecule has 0 N–H and O–H groups in total. The first-order chi connectivity index (χ1) is 31.1. The molecular formula is C53H52ClN2O7TlU. The molecule has 0 unspecified atom stereocenters. The molecule has 6 aromatic carbocycles. The molecule has 12 heteroatoms. The second kappa shape index (κ2) is 27.7. The molecule has 0 aromatic heterocycles. The zero-order chi connectivity index (χ0) is 45.8. The van der Waals surface area contributed by atoms with Gasteiger partial charge in [0.05, 0.1) is 0 Å². The quantitative estimate of drug-likeness (QED) is 0.0109. The van der Waals surface area contributed by atoms with Crippen LogP contribution < -0.4 is 17.3 Å². The first-order valence-electron chi connectivity index (χ1n) is 20.8. The number of aryl methyl sites for hydroxylation is 2. The van der Waals surface area contributed by atoms with Gasteiger partial charge in [-0.05, 0) is 52.8 Å². The van der Waals surface area contributed by atoms with Crippen LogP contribution in [0.4, 0.5) is 0 Å². The average Bonchev–Trinajstić information content (AvgIpc) is 3.33. The number of halogens is 1. The van der Waals surface area contributed by atoms with Crippen LogP contribution in [0.3, 0.4) is 0 Å². The van der Waals surface area contributed by atoms with Crippen molar-refractivity contribution in [2.24, 2.45) is 5.10 Å². The number of benzene rings is 6. The van der Waals surface area contributed by atoms with Crippen LogP contribution in [0, 0.1) is 45.1 Å². The normalized spacial score (nSPS) is 10.6. The van der Waals surface area contributed by atoms with Gasteiger partial charge < -0.3 is 11.7 Å². The van der Waals surface area contributed by atoms with Crippen LogP contribution >= 0.6 is 11.6 Å². The third-order valence-electron chi connectivity index (χ3n) is 10.1. The van der Waals surface area contributed by atoms with Gasteiger partial charge in [0.25, 0.3) is 0 Å². The van der Waals surface area contributed by atoms with Gasteiger partial charge in [0.1, 0.15) is 6.61 Å². The van der Waals surface area contributed by atoms with Gasteiger partial charge in [0.2, 0.25) is 0 Å². The summed E-state index contributed by atoms with van der Waals surface area (Å²) in [5.74, 6) is 0.361. The molecule has 0 spiro atoms. The summed E-state index contributed by atoms with van der Waals surface area (Å²) in [6.07, 6.45) is 5.59. The zero-order valence-electron chi connectivity index (χ0n) is 36.9. The number of rotatable bonds is 20. The fraction of sp³-hybridized carbons (Fsp3) is 0.189. The third-order valence-corrected chi connectivity index (χ3v) is 12.8. The largest absolute Gasteiger partial charge is 2.00 e. The van der Waals surface area contributed by atoms with Gasteiger partial charge in [-0.2, -0.15) is 0 Å². The summed E-state index contributed by atoms with van der Waals surface area (Å²) >= 11 is 7.49. The SMILES string of the molecule is C=CC(=O)OCCCOc1ccc2cc(C(=O)Oc3ccc(OCc4ccc(-c5ccccc5)cc4)c(Cl)c3/C=N/N([CH2-])C(=C)CCc3ccccc3CC)ccc2[c]1[Tl].[CH2-]COC.[U+2]. The van der Waals surface area contributed by atoms with Gasteiger partial charge in [0.15, 0.2) is 0 Å². The maximum absolute atomic E-state index is 13.8. The number of esters is 2. The number of fused-ring (bicyclic) bond motifs is 1. The van der Waals surface area contributed by atoms with Crippen LogP contribution in [-0.2, 0) is 33.7 Å². The molecule has 0 heterocycles. The maximum Gasteiger partial charge on any atom is 2.00 e. The molecule has 0 bridgehead atoms. The van der Waals surface area contributed by atoms with Crippen molar-refractivity contribution in [1.29, 1.82) is 0 Å². The van der Waals surface area contributed by atoms with Crippen LogP contribution in [0.1, 0.15) is 52.4 Å². The Bertz CT molecular complexity index is 2550. The van der Waals surface area contributed by atoms with Crippen molar-refractivity contribution in [3.8, 4) is 28.4 Å². The molecule has 0 radical (unpaired) electrons. The number of hydrogen-bond acceptors (Lipinski definition) is 9. The molecule has 0 fully saturated rings. The van der Waals surface area contributed by atoms with E-state index in [0.29, 0.717) is 74.4 Å². The van der Waals surface area contributed by atoms with Crippen LogP contribution in [0.5, 0.6) is 17.2 Å². The van der Waals surface area contributed by atoms with Crippen molar-refractivity contribution in [2.45, 2.75) is 39.2 Å². The van der Waals surface area contributed by atoms with E-state index in [2.05, 4.69) is 86.4 Å². The van der Waals surface area contributed by atoms with Gasteiger partial charge in [-0.1, -0.05) is 99.0 Å². The monoisotopic (exact) mass is 1310 g/mol. The standard InChI is InChI=1S/C50H45ClN2O6.C3H7O.Tl.U/c1-5-37-13-10-11-16-39(37)20-17-35(3)53(4)52-33-45-46(27-28-47(49(45)51)58-34-36-18-21-40(22-19-36)38-14-8-7-9-15-38)59-50(55)43-24-23-42-32-44(26-25-41(42)31-43)56-29-12-30-57-48(54)6-2;1-3-4-2;;/h6-11,13-16,18-19,21-28,31,33H,2-5,12,17,20,29-30,34H2,1H3;1,3H2,2H3;;/q2*-1;;+2/b52-33+;;;. The topological polar surface area (TPSA) is 95.9 Å².